The Balaban J connectivity index is 1.64. The van der Waals surface area contributed by atoms with Crippen molar-refractivity contribution >= 4 is 33.4 Å². The predicted octanol–water partition coefficient (Wildman–Crippen LogP) is 6.14. The van der Waals surface area contributed by atoms with Gasteiger partial charge in [-0.1, -0.05) is 36.4 Å². The number of carbonyl (C=O) groups excluding carboxylic acids is 2. The maximum atomic E-state index is 14.0. The molecule has 1 heterocycles. The zero-order valence-corrected chi connectivity index (χ0v) is 20.3. The highest BCUT2D eigenvalue weighted by Crippen LogP contribution is 2.52. The molecule has 5 aromatic carbocycles. The molecule has 0 unspecified atom stereocenters. The molecule has 0 aliphatic carbocycles. The first-order valence-electron chi connectivity index (χ1n) is 12.0. The number of ether oxygens (including phenoxy) is 1. The molecule has 0 saturated carbocycles. The number of benzene rings is 5. The summed E-state index contributed by atoms with van der Waals surface area (Å²) < 4.78 is 20.4. The first-order valence-corrected chi connectivity index (χ1v) is 12.0. The third-order valence-electron chi connectivity index (χ3n) is 7.02. The van der Waals surface area contributed by atoms with Gasteiger partial charge in [0.25, 0.3) is 11.8 Å². The number of rotatable bonds is 3. The molecular weight excluding hydrogens is 467 g/mol. The number of carbonyl (C=O) groups is 2. The van der Waals surface area contributed by atoms with Crippen molar-refractivity contribution in [2.45, 2.75) is 5.92 Å². The summed E-state index contributed by atoms with van der Waals surface area (Å²) in [6, 6.07) is 25.5. The summed E-state index contributed by atoms with van der Waals surface area (Å²) in [7, 11) is 3.21. The summed E-state index contributed by atoms with van der Waals surface area (Å²) in [5.74, 6) is 0.538. The van der Waals surface area contributed by atoms with Crippen LogP contribution in [0.5, 0.6) is 11.5 Å². The van der Waals surface area contributed by atoms with E-state index in [1.54, 1.807) is 38.4 Å². The van der Waals surface area contributed by atoms with E-state index in [2.05, 4.69) is 10.6 Å². The second-order valence-electron chi connectivity index (χ2n) is 9.07. The van der Waals surface area contributed by atoms with Crippen molar-refractivity contribution in [1.29, 1.82) is 0 Å². The second-order valence-corrected chi connectivity index (χ2v) is 9.07. The van der Waals surface area contributed by atoms with Gasteiger partial charge in [-0.3, -0.25) is 9.59 Å². The number of fused-ring (bicyclic) bond motifs is 6. The first kappa shape index (κ1) is 22.7. The van der Waals surface area contributed by atoms with E-state index in [0.717, 1.165) is 38.2 Å². The van der Waals surface area contributed by atoms with Crippen LogP contribution in [0.2, 0.25) is 0 Å². The number of amides is 2. The topological polar surface area (TPSA) is 67.4 Å². The van der Waals surface area contributed by atoms with Crippen LogP contribution in [0.15, 0.2) is 84.9 Å². The van der Waals surface area contributed by atoms with Crippen molar-refractivity contribution in [1.82, 2.24) is 10.6 Å². The highest BCUT2D eigenvalue weighted by molar-refractivity contribution is 6.02. The lowest BCUT2D eigenvalue weighted by molar-refractivity contribution is 0.0955. The zero-order valence-electron chi connectivity index (χ0n) is 20.3. The van der Waals surface area contributed by atoms with E-state index < -0.39 is 0 Å². The van der Waals surface area contributed by atoms with Crippen LogP contribution in [-0.2, 0) is 0 Å². The Labute approximate surface area is 212 Å². The van der Waals surface area contributed by atoms with Crippen molar-refractivity contribution in [3.8, 4) is 11.5 Å². The van der Waals surface area contributed by atoms with Gasteiger partial charge in [0.05, 0.1) is 0 Å². The minimum absolute atomic E-state index is 0.158. The molecule has 2 amide bonds. The SMILES string of the molecule is CNC(=O)c1ccc2c3c(ccc2c1)Oc1ccc2cc(C(=O)NC)ccc2c1C3c1ccc(F)cc1. The van der Waals surface area contributed by atoms with E-state index in [1.807, 2.05) is 48.5 Å². The molecule has 5 nitrogen and oxygen atoms in total. The van der Waals surface area contributed by atoms with Gasteiger partial charge in [-0.05, 0) is 75.6 Å². The Hall–Kier alpha value is -4.71. The zero-order chi connectivity index (χ0) is 25.7. The lowest BCUT2D eigenvalue weighted by Gasteiger charge is -2.31. The highest BCUT2D eigenvalue weighted by Gasteiger charge is 2.32. The largest absolute Gasteiger partial charge is 0.457 e. The minimum atomic E-state index is -0.308. The molecular formula is C31H23FN2O3. The van der Waals surface area contributed by atoms with Gasteiger partial charge in [0, 0.05) is 42.3 Å². The summed E-state index contributed by atoms with van der Waals surface area (Å²) in [4.78, 5) is 24.5. The first-order chi connectivity index (χ1) is 18.0. The van der Waals surface area contributed by atoms with Crippen LogP contribution in [0.25, 0.3) is 21.5 Å². The average molecular weight is 491 g/mol. The molecule has 0 saturated heterocycles. The van der Waals surface area contributed by atoms with E-state index in [0.29, 0.717) is 22.6 Å². The highest BCUT2D eigenvalue weighted by atomic mass is 19.1. The molecule has 6 rings (SSSR count). The molecule has 0 bridgehead atoms. The molecule has 6 heteroatoms. The third kappa shape index (κ3) is 3.69. The summed E-state index contributed by atoms with van der Waals surface area (Å²) in [6.45, 7) is 0. The van der Waals surface area contributed by atoms with Crippen molar-refractivity contribution in [3.63, 3.8) is 0 Å². The molecule has 0 radical (unpaired) electrons. The molecule has 1 aliphatic heterocycles. The molecule has 0 aromatic heterocycles. The normalized spacial score (nSPS) is 12.5. The van der Waals surface area contributed by atoms with Crippen LogP contribution in [0.1, 0.15) is 43.3 Å². The van der Waals surface area contributed by atoms with Gasteiger partial charge in [-0.15, -0.1) is 0 Å². The number of hydrogen-bond donors (Lipinski definition) is 2. The van der Waals surface area contributed by atoms with Gasteiger partial charge in [0.15, 0.2) is 0 Å². The van der Waals surface area contributed by atoms with Crippen LogP contribution in [0, 0.1) is 5.82 Å². The van der Waals surface area contributed by atoms with Gasteiger partial charge < -0.3 is 15.4 Å². The molecule has 0 fully saturated rings. The van der Waals surface area contributed by atoms with E-state index in [4.69, 9.17) is 4.74 Å². The maximum absolute atomic E-state index is 14.0. The second kappa shape index (κ2) is 8.75. The molecule has 182 valence electrons. The van der Waals surface area contributed by atoms with Crippen molar-refractivity contribution < 1.29 is 18.7 Å². The molecule has 37 heavy (non-hydrogen) atoms. The summed E-state index contributed by atoms with van der Waals surface area (Å²) in [5.41, 5.74) is 3.94. The molecule has 2 N–H and O–H groups in total. The smallest absolute Gasteiger partial charge is 0.251 e. The fraction of sp³-hybridized carbons (Fsp3) is 0.0968. The predicted molar refractivity (Wildman–Crippen MR) is 142 cm³/mol. The standard InChI is InChI=1S/C31H23FN2O3/c1-33-30(35)20-5-11-23-18(15-20)7-13-25-28(23)27(17-3-9-22(32)10-4-17)29-24-12-6-21(31(36)34-2)16-19(24)8-14-26(29)37-25/h3-16,27H,1-2H3,(H,33,35)(H,34,36). The van der Waals surface area contributed by atoms with Crippen LogP contribution in [-0.4, -0.2) is 25.9 Å². The van der Waals surface area contributed by atoms with Gasteiger partial charge in [-0.2, -0.15) is 0 Å². The van der Waals surface area contributed by atoms with E-state index in [-0.39, 0.29) is 23.5 Å². The van der Waals surface area contributed by atoms with Crippen molar-refractivity contribution in [2.75, 3.05) is 14.1 Å². The van der Waals surface area contributed by atoms with Gasteiger partial charge in [0.2, 0.25) is 0 Å². The summed E-state index contributed by atoms with van der Waals surface area (Å²) in [5, 5.41) is 9.04. The number of nitrogens with one attached hydrogen (secondary N) is 2. The quantitative estimate of drug-likeness (QED) is 0.313. The summed E-state index contributed by atoms with van der Waals surface area (Å²) >= 11 is 0. The van der Waals surface area contributed by atoms with Crippen molar-refractivity contribution in [2.24, 2.45) is 0 Å². The fourth-order valence-electron chi connectivity index (χ4n) is 5.26. The molecule has 5 aromatic rings. The average Bonchev–Trinajstić information content (AvgIpc) is 2.94. The summed E-state index contributed by atoms with van der Waals surface area (Å²) in [6.07, 6.45) is 0. The Morgan fingerprint density at radius 1 is 0.676 bits per heavy atom. The molecule has 0 atom stereocenters. The Morgan fingerprint density at radius 2 is 1.16 bits per heavy atom. The Morgan fingerprint density at radius 3 is 1.62 bits per heavy atom. The lowest BCUT2D eigenvalue weighted by atomic mass is 9.78. The fourth-order valence-corrected chi connectivity index (χ4v) is 5.26. The van der Waals surface area contributed by atoms with E-state index >= 15 is 0 Å². The monoisotopic (exact) mass is 490 g/mol. The van der Waals surface area contributed by atoms with Crippen molar-refractivity contribution in [3.05, 3.63) is 119 Å². The van der Waals surface area contributed by atoms with Gasteiger partial charge in [0.1, 0.15) is 17.3 Å². The van der Waals surface area contributed by atoms with Crippen LogP contribution in [0.3, 0.4) is 0 Å². The number of halogens is 1. The minimum Gasteiger partial charge on any atom is -0.457 e. The molecule has 1 aliphatic rings. The Bertz CT molecular complexity index is 1620. The third-order valence-corrected chi connectivity index (χ3v) is 7.02. The number of hydrogen-bond acceptors (Lipinski definition) is 3. The van der Waals surface area contributed by atoms with Gasteiger partial charge >= 0.3 is 0 Å². The van der Waals surface area contributed by atoms with E-state index in [1.165, 1.54) is 12.1 Å². The Kier molecular flexibility index (Phi) is 5.37. The van der Waals surface area contributed by atoms with Crippen LogP contribution >= 0.6 is 0 Å². The van der Waals surface area contributed by atoms with Gasteiger partial charge in [-0.25, -0.2) is 4.39 Å². The van der Waals surface area contributed by atoms with E-state index in [9.17, 15) is 14.0 Å². The molecule has 0 spiro atoms. The lowest BCUT2D eigenvalue weighted by Crippen LogP contribution is -2.18. The van der Waals surface area contributed by atoms with Crippen LogP contribution in [0.4, 0.5) is 4.39 Å². The maximum Gasteiger partial charge on any atom is 0.251 e. The van der Waals surface area contributed by atoms with Crippen LogP contribution < -0.4 is 15.4 Å².